The Hall–Kier alpha value is -1.27. The molecule has 0 saturated carbocycles. The van der Waals surface area contributed by atoms with E-state index in [0.717, 1.165) is 38.8 Å². The zero-order valence-electron chi connectivity index (χ0n) is 12.5. The van der Waals surface area contributed by atoms with E-state index >= 15 is 0 Å². The van der Waals surface area contributed by atoms with Crippen LogP contribution in [0.25, 0.3) is 0 Å². The average Bonchev–Trinajstić information content (AvgIpc) is 2.47. The number of nitrogens with zero attached hydrogens (tertiary/aromatic N) is 2. The van der Waals surface area contributed by atoms with Gasteiger partial charge in [-0.2, -0.15) is 13.2 Å². The third-order valence-electron chi connectivity index (χ3n) is 3.94. The van der Waals surface area contributed by atoms with Crippen LogP contribution in [-0.4, -0.2) is 50.7 Å². The minimum Gasteiger partial charge on any atom is -0.369 e. The number of nitrogens with one attached hydrogen (secondary N) is 1. The van der Waals surface area contributed by atoms with Crippen LogP contribution in [0.3, 0.4) is 0 Å². The molecule has 1 atom stereocenters. The van der Waals surface area contributed by atoms with Crippen LogP contribution < -0.4 is 10.2 Å². The van der Waals surface area contributed by atoms with Crippen LogP contribution in [0.5, 0.6) is 0 Å². The Kier molecular flexibility index (Phi) is 5.11. The molecule has 1 fully saturated rings. The van der Waals surface area contributed by atoms with Crippen LogP contribution in [0.15, 0.2) is 24.3 Å². The number of anilines is 1. The van der Waals surface area contributed by atoms with Crippen molar-refractivity contribution in [3.05, 3.63) is 29.8 Å². The van der Waals surface area contributed by atoms with Gasteiger partial charge in [-0.15, -0.1) is 0 Å². The molecule has 0 aromatic heterocycles. The first-order valence-corrected chi connectivity index (χ1v) is 7.22. The fraction of sp³-hybridized carbons (Fsp3) is 0.600. The summed E-state index contributed by atoms with van der Waals surface area (Å²) >= 11 is 0. The van der Waals surface area contributed by atoms with Crippen molar-refractivity contribution in [1.29, 1.82) is 0 Å². The van der Waals surface area contributed by atoms with Gasteiger partial charge in [-0.25, -0.2) is 0 Å². The zero-order chi connectivity index (χ0) is 15.5. The SMILES string of the molecule is CNC(C)CN1CCN(c2cccc(C(F)(F)F)c2)CC1. The number of benzene rings is 1. The molecule has 21 heavy (non-hydrogen) atoms. The van der Waals surface area contributed by atoms with Crippen LogP contribution in [0.2, 0.25) is 0 Å². The summed E-state index contributed by atoms with van der Waals surface area (Å²) in [5.41, 5.74) is 0.0809. The molecule has 2 rings (SSSR count). The Morgan fingerprint density at radius 2 is 1.86 bits per heavy atom. The van der Waals surface area contributed by atoms with E-state index in [9.17, 15) is 13.2 Å². The van der Waals surface area contributed by atoms with E-state index in [-0.39, 0.29) is 0 Å². The van der Waals surface area contributed by atoms with Crippen molar-refractivity contribution in [2.75, 3.05) is 44.7 Å². The lowest BCUT2D eigenvalue weighted by molar-refractivity contribution is -0.137. The van der Waals surface area contributed by atoms with Gasteiger partial charge in [-0.3, -0.25) is 4.90 Å². The molecule has 1 unspecified atom stereocenters. The first-order valence-electron chi connectivity index (χ1n) is 7.22. The number of halogens is 3. The standard InChI is InChI=1S/C15H22F3N3/c1-12(19-2)11-20-6-8-21(9-7-20)14-5-3-4-13(10-14)15(16,17)18/h3-5,10,12,19H,6-9,11H2,1-2H3. The third kappa shape index (κ3) is 4.35. The van der Waals surface area contributed by atoms with E-state index < -0.39 is 11.7 Å². The quantitative estimate of drug-likeness (QED) is 0.921. The summed E-state index contributed by atoms with van der Waals surface area (Å²) in [6.07, 6.45) is -4.28. The lowest BCUT2D eigenvalue weighted by Gasteiger charge is -2.37. The van der Waals surface area contributed by atoms with E-state index in [1.165, 1.54) is 12.1 Å². The lowest BCUT2D eigenvalue weighted by Crippen LogP contribution is -2.49. The maximum Gasteiger partial charge on any atom is 0.416 e. The average molecular weight is 301 g/mol. The molecule has 1 aliphatic heterocycles. The first-order chi connectivity index (χ1) is 9.90. The van der Waals surface area contributed by atoms with Gasteiger partial charge >= 0.3 is 6.18 Å². The zero-order valence-corrected chi connectivity index (χ0v) is 12.5. The highest BCUT2D eigenvalue weighted by Crippen LogP contribution is 2.31. The largest absolute Gasteiger partial charge is 0.416 e. The molecule has 0 aliphatic carbocycles. The van der Waals surface area contributed by atoms with E-state index in [4.69, 9.17) is 0 Å². The first kappa shape index (κ1) is 16.1. The Morgan fingerprint density at radius 1 is 1.19 bits per heavy atom. The molecule has 1 heterocycles. The fourth-order valence-electron chi connectivity index (χ4n) is 2.55. The predicted molar refractivity (Wildman–Crippen MR) is 78.6 cm³/mol. The van der Waals surface area contributed by atoms with Gasteiger partial charge in [0.25, 0.3) is 0 Å². The van der Waals surface area contributed by atoms with Crippen LogP contribution in [0.4, 0.5) is 18.9 Å². The maximum atomic E-state index is 12.7. The Morgan fingerprint density at radius 3 is 2.43 bits per heavy atom. The molecule has 3 nitrogen and oxygen atoms in total. The van der Waals surface area contributed by atoms with Gasteiger partial charge in [-0.1, -0.05) is 6.07 Å². The molecular formula is C15H22F3N3. The topological polar surface area (TPSA) is 18.5 Å². The highest BCUT2D eigenvalue weighted by atomic mass is 19.4. The number of hydrogen-bond donors (Lipinski definition) is 1. The molecule has 1 saturated heterocycles. The Balaban J connectivity index is 1.96. The second-order valence-electron chi connectivity index (χ2n) is 5.53. The van der Waals surface area contributed by atoms with Gasteiger partial charge in [0.1, 0.15) is 0 Å². The molecule has 1 aromatic rings. The van der Waals surface area contributed by atoms with E-state index in [1.54, 1.807) is 6.07 Å². The summed E-state index contributed by atoms with van der Waals surface area (Å²) in [6, 6.07) is 6.01. The monoisotopic (exact) mass is 301 g/mol. The fourth-order valence-corrected chi connectivity index (χ4v) is 2.55. The van der Waals surface area contributed by atoms with Gasteiger partial charge in [0, 0.05) is 44.5 Å². The van der Waals surface area contributed by atoms with E-state index in [0.29, 0.717) is 11.7 Å². The summed E-state index contributed by atoms with van der Waals surface area (Å²) in [5.74, 6) is 0. The highest BCUT2D eigenvalue weighted by molar-refractivity contribution is 5.49. The molecule has 0 spiro atoms. The molecule has 0 radical (unpaired) electrons. The van der Waals surface area contributed by atoms with Crippen molar-refractivity contribution < 1.29 is 13.2 Å². The van der Waals surface area contributed by atoms with E-state index in [1.807, 2.05) is 11.9 Å². The Labute approximate surface area is 123 Å². The summed E-state index contributed by atoms with van der Waals surface area (Å²) in [6.45, 7) is 6.37. The summed E-state index contributed by atoms with van der Waals surface area (Å²) in [4.78, 5) is 4.36. The molecule has 6 heteroatoms. The van der Waals surface area contributed by atoms with Crippen molar-refractivity contribution in [2.45, 2.75) is 19.1 Å². The minimum atomic E-state index is -4.28. The number of likely N-dealkylation sites (N-methyl/N-ethyl adjacent to an activating group) is 1. The van der Waals surface area contributed by atoms with Crippen molar-refractivity contribution >= 4 is 5.69 Å². The summed E-state index contributed by atoms with van der Waals surface area (Å²) in [5, 5.41) is 3.20. The number of hydrogen-bond acceptors (Lipinski definition) is 3. The molecule has 1 aliphatic rings. The number of alkyl halides is 3. The second-order valence-corrected chi connectivity index (χ2v) is 5.53. The third-order valence-corrected chi connectivity index (χ3v) is 3.94. The normalized spacial score (nSPS) is 18.8. The van der Waals surface area contributed by atoms with Crippen LogP contribution >= 0.6 is 0 Å². The van der Waals surface area contributed by atoms with Crippen molar-refractivity contribution in [1.82, 2.24) is 10.2 Å². The molecule has 1 aromatic carbocycles. The predicted octanol–water partition coefficient (Wildman–Crippen LogP) is 2.44. The maximum absolute atomic E-state index is 12.7. The smallest absolute Gasteiger partial charge is 0.369 e. The number of rotatable bonds is 4. The van der Waals surface area contributed by atoms with Crippen LogP contribution in [0, 0.1) is 0 Å². The Bertz CT molecular complexity index is 454. The molecule has 0 bridgehead atoms. The number of piperazine rings is 1. The van der Waals surface area contributed by atoms with Gasteiger partial charge in [0.2, 0.25) is 0 Å². The van der Waals surface area contributed by atoms with Crippen molar-refractivity contribution in [2.24, 2.45) is 0 Å². The van der Waals surface area contributed by atoms with Gasteiger partial charge in [0.15, 0.2) is 0 Å². The molecule has 0 amide bonds. The summed E-state index contributed by atoms with van der Waals surface area (Å²) in [7, 11) is 1.93. The van der Waals surface area contributed by atoms with Gasteiger partial charge < -0.3 is 10.2 Å². The lowest BCUT2D eigenvalue weighted by atomic mass is 10.1. The van der Waals surface area contributed by atoms with Crippen LogP contribution in [0.1, 0.15) is 12.5 Å². The molecule has 1 N–H and O–H groups in total. The summed E-state index contributed by atoms with van der Waals surface area (Å²) < 4.78 is 38.2. The van der Waals surface area contributed by atoms with Gasteiger partial charge in [0.05, 0.1) is 5.56 Å². The second kappa shape index (κ2) is 6.66. The highest BCUT2D eigenvalue weighted by Gasteiger charge is 2.31. The van der Waals surface area contributed by atoms with Crippen molar-refractivity contribution in [3.63, 3.8) is 0 Å². The van der Waals surface area contributed by atoms with Crippen LogP contribution in [-0.2, 0) is 6.18 Å². The molecular weight excluding hydrogens is 279 g/mol. The van der Waals surface area contributed by atoms with Gasteiger partial charge in [-0.05, 0) is 32.2 Å². The van der Waals surface area contributed by atoms with E-state index in [2.05, 4.69) is 17.1 Å². The van der Waals surface area contributed by atoms with Crippen molar-refractivity contribution in [3.8, 4) is 0 Å². The minimum absolute atomic E-state index is 0.421. The molecule has 118 valence electrons.